The highest BCUT2D eigenvalue weighted by Crippen LogP contribution is 2.34. The average Bonchev–Trinajstić information content (AvgIpc) is 3.46. The zero-order valence-corrected chi connectivity index (χ0v) is 20.5. The summed E-state index contributed by atoms with van der Waals surface area (Å²) in [5, 5.41) is 13.1. The highest BCUT2D eigenvalue weighted by Gasteiger charge is 2.36. The van der Waals surface area contributed by atoms with Crippen LogP contribution < -0.4 is 10.1 Å². The first kappa shape index (κ1) is 23.7. The van der Waals surface area contributed by atoms with Crippen LogP contribution in [0.3, 0.4) is 0 Å². The number of nitrogens with one attached hydrogen (secondary N) is 1. The Kier molecular flexibility index (Phi) is 6.81. The molecule has 1 saturated carbocycles. The molecule has 2 heterocycles. The smallest absolute Gasteiger partial charge is 0.393 e. The van der Waals surface area contributed by atoms with E-state index >= 15 is 0 Å². The Bertz CT molecular complexity index is 1250. The molecule has 3 aromatic rings. The van der Waals surface area contributed by atoms with Crippen LogP contribution in [0.15, 0.2) is 47.6 Å². The van der Waals surface area contributed by atoms with Gasteiger partial charge < -0.3 is 14.4 Å². The molecule has 1 aliphatic rings. The molecule has 33 heavy (non-hydrogen) atoms. The highest BCUT2D eigenvalue weighted by molar-refractivity contribution is 7.92. The number of carbonyl (C=O) groups is 1. The summed E-state index contributed by atoms with van der Waals surface area (Å²) in [7, 11) is -3.26. The topological polar surface area (TPSA) is 111 Å². The summed E-state index contributed by atoms with van der Waals surface area (Å²) in [4.78, 5) is 16.7. The van der Waals surface area contributed by atoms with Crippen LogP contribution in [0.25, 0.3) is 0 Å². The van der Waals surface area contributed by atoms with Crippen molar-refractivity contribution in [2.75, 3.05) is 5.32 Å². The number of carbonyl (C=O) groups excluding carboxylic acids is 1. The van der Waals surface area contributed by atoms with Crippen LogP contribution >= 0.6 is 22.9 Å². The molecule has 1 aromatic carbocycles. The third kappa shape index (κ3) is 5.57. The lowest BCUT2D eigenvalue weighted by atomic mass is 10.0. The number of ether oxygens (including phenoxy) is 1. The average molecular weight is 510 g/mol. The van der Waals surface area contributed by atoms with Gasteiger partial charge in [0.05, 0.1) is 29.0 Å². The predicted octanol–water partition coefficient (Wildman–Crippen LogP) is 4.88. The fraction of sp³-hybridized carbons (Fsp3) is 0.364. The van der Waals surface area contributed by atoms with Crippen molar-refractivity contribution in [3.63, 3.8) is 0 Å². The van der Waals surface area contributed by atoms with Crippen molar-refractivity contribution in [1.82, 2.24) is 9.55 Å². The number of thiazole rings is 1. The number of aromatic nitrogens is 2. The van der Waals surface area contributed by atoms with Crippen molar-refractivity contribution in [2.45, 2.75) is 49.5 Å². The van der Waals surface area contributed by atoms with Crippen molar-refractivity contribution in [2.24, 2.45) is 5.92 Å². The van der Waals surface area contributed by atoms with Gasteiger partial charge in [-0.15, -0.1) is 0 Å². The number of hydrogen-bond donors (Lipinski definition) is 2. The maximum absolute atomic E-state index is 12.4. The minimum absolute atomic E-state index is 0.0353. The summed E-state index contributed by atoms with van der Waals surface area (Å²) in [6, 6.07) is 8.32. The molecule has 11 heteroatoms. The van der Waals surface area contributed by atoms with Crippen LogP contribution in [0, 0.1) is 5.92 Å². The lowest BCUT2D eigenvalue weighted by Crippen LogP contribution is -2.18. The zero-order valence-electron chi connectivity index (χ0n) is 18.1. The van der Waals surface area contributed by atoms with E-state index in [2.05, 4.69) is 10.3 Å². The van der Waals surface area contributed by atoms with E-state index in [0.29, 0.717) is 39.3 Å². The van der Waals surface area contributed by atoms with Crippen LogP contribution in [0.5, 0.6) is 5.88 Å². The molecule has 4 rings (SSSR count). The summed E-state index contributed by atoms with van der Waals surface area (Å²) in [5.74, 6) is 0.200. The van der Waals surface area contributed by atoms with Crippen LogP contribution in [0.2, 0.25) is 4.34 Å². The fourth-order valence-electron chi connectivity index (χ4n) is 3.34. The molecule has 0 spiro atoms. The summed E-state index contributed by atoms with van der Waals surface area (Å²) >= 11 is 6.95. The molecule has 1 aliphatic carbocycles. The normalized spacial score (nSPS) is 14.9. The van der Waals surface area contributed by atoms with E-state index in [1.54, 1.807) is 41.1 Å². The number of sulfone groups is 1. The van der Waals surface area contributed by atoms with Crippen molar-refractivity contribution in [3.8, 4) is 5.88 Å². The number of amides is 1. The van der Waals surface area contributed by atoms with Crippen molar-refractivity contribution in [1.29, 1.82) is 0 Å². The number of halogens is 1. The number of nitrogens with zero attached hydrogens (tertiary/aromatic N) is 2. The van der Waals surface area contributed by atoms with Gasteiger partial charge in [-0.3, -0.25) is 5.32 Å². The van der Waals surface area contributed by atoms with Gasteiger partial charge in [0.1, 0.15) is 4.34 Å². The Balaban J connectivity index is 1.54. The number of aliphatic hydroxyl groups is 1. The second kappa shape index (κ2) is 9.46. The SMILES string of the molecule is CC(C)C(O)c1cc(OC(=O)Nc2ncc(Cl)s2)n(Cc2ccc(S(=O)(=O)C3CC3)cc2)c1. The van der Waals surface area contributed by atoms with Crippen molar-refractivity contribution in [3.05, 3.63) is 58.2 Å². The zero-order chi connectivity index (χ0) is 23.8. The minimum Gasteiger partial charge on any atom is -0.393 e. The standard InChI is InChI=1S/C22H24ClN3O5S2/c1-13(2)20(27)15-9-19(31-22(28)25-21-24-10-18(23)32-21)26(12-15)11-14-3-5-16(6-4-14)33(29,30)17-7-8-17/h3-6,9-10,12-13,17,20,27H,7-8,11H2,1-2H3,(H,24,25,28). The highest BCUT2D eigenvalue weighted by atomic mass is 35.5. The second-order valence-electron chi connectivity index (χ2n) is 8.30. The molecule has 8 nitrogen and oxygen atoms in total. The van der Waals surface area contributed by atoms with Gasteiger partial charge in [-0.1, -0.05) is 48.9 Å². The molecule has 0 bridgehead atoms. The van der Waals surface area contributed by atoms with Gasteiger partial charge in [0, 0.05) is 17.8 Å². The molecular weight excluding hydrogens is 486 g/mol. The van der Waals surface area contributed by atoms with Gasteiger partial charge in [-0.2, -0.15) is 0 Å². The fourth-order valence-corrected chi connectivity index (χ4v) is 5.79. The Labute approximate surface area is 201 Å². The maximum atomic E-state index is 12.4. The molecule has 0 saturated heterocycles. The first-order valence-electron chi connectivity index (χ1n) is 10.4. The van der Waals surface area contributed by atoms with E-state index in [-0.39, 0.29) is 17.0 Å². The Hall–Kier alpha value is -2.40. The molecular formula is C22H24ClN3O5S2. The number of benzene rings is 1. The van der Waals surface area contributed by atoms with E-state index in [4.69, 9.17) is 16.3 Å². The monoisotopic (exact) mass is 509 g/mol. The number of hydrogen-bond acceptors (Lipinski definition) is 7. The van der Waals surface area contributed by atoms with Crippen LogP contribution in [-0.2, 0) is 16.4 Å². The van der Waals surface area contributed by atoms with Gasteiger partial charge in [-0.25, -0.2) is 18.2 Å². The van der Waals surface area contributed by atoms with Crippen LogP contribution in [0.1, 0.15) is 43.9 Å². The van der Waals surface area contributed by atoms with E-state index < -0.39 is 22.0 Å². The third-order valence-electron chi connectivity index (χ3n) is 5.30. The molecule has 1 unspecified atom stereocenters. The quantitative estimate of drug-likeness (QED) is 0.447. The largest absolute Gasteiger partial charge is 0.420 e. The lowest BCUT2D eigenvalue weighted by molar-refractivity contribution is 0.127. The van der Waals surface area contributed by atoms with Gasteiger partial charge >= 0.3 is 6.09 Å². The van der Waals surface area contributed by atoms with E-state index in [1.165, 1.54) is 6.20 Å². The lowest BCUT2D eigenvalue weighted by Gasteiger charge is -2.12. The summed E-state index contributed by atoms with van der Waals surface area (Å²) in [6.07, 6.45) is 3.10. The van der Waals surface area contributed by atoms with E-state index in [9.17, 15) is 18.3 Å². The van der Waals surface area contributed by atoms with E-state index in [1.807, 2.05) is 13.8 Å². The summed E-state index contributed by atoms with van der Waals surface area (Å²) < 4.78 is 32.5. The van der Waals surface area contributed by atoms with Gasteiger partial charge in [0.15, 0.2) is 15.0 Å². The summed E-state index contributed by atoms with van der Waals surface area (Å²) in [6.45, 7) is 4.10. The first-order valence-corrected chi connectivity index (χ1v) is 13.2. The number of aliphatic hydroxyl groups excluding tert-OH is 1. The molecule has 2 N–H and O–H groups in total. The van der Waals surface area contributed by atoms with Crippen molar-refractivity contribution < 1.29 is 23.1 Å². The van der Waals surface area contributed by atoms with Crippen LogP contribution in [0.4, 0.5) is 9.93 Å². The molecule has 1 atom stereocenters. The predicted molar refractivity (Wildman–Crippen MR) is 127 cm³/mol. The van der Waals surface area contributed by atoms with E-state index in [0.717, 1.165) is 16.9 Å². The first-order chi connectivity index (χ1) is 15.6. The number of anilines is 1. The Morgan fingerprint density at radius 1 is 1.33 bits per heavy atom. The van der Waals surface area contributed by atoms with Gasteiger partial charge in [0.25, 0.3) is 0 Å². The van der Waals surface area contributed by atoms with Gasteiger partial charge in [-0.05, 0) is 36.5 Å². The Morgan fingerprint density at radius 2 is 2.03 bits per heavy atom. The molecule has 0 radical (unpaired) electrons. The third-order valence-corrected chi connectivity index (χ3v) is 8.61. The molecule has 176 valence electrons. The molecule has 0 aliphatic heterocycles. The Morgan fingerprint density at radius 3 is 2.61 bits per heavy atom. The molecule has 2 aromatic heterocycles. The minimum atomic E-state index is -3.26. The van der Waals surface area contributed by atoms with Crippen LogP contribution in [-0.4, -0.2) is 34.4 Å². The number of rotatable bonds is 8. The van der Waals surface area contributed by atoms with Gasteiger partial charge in [0.2, 0.25) is 5.88 Å². The van der Waals surface area contributed by atoms with Crippen molar-refractivity contribution >= 4 is 44.0 Å². The maximum Gasteiger partial charge on any atom is 0.420 e. The molecule has 1 amide bonds. The summed E-state index contributed by atoms with van der Waals surface area (Å²) in [5.41, 5.74) is 1.43. The molecule has 1 fully saturated rings. The second-order valence-corrected chi connectivity index (χ2v) is 12.2.